The Morgan fingerprint density at radius 3 is 2.89 bits per heavy atom. The number of hydrogen-bond acceptors (Lipinski definition) is 3. The lowest BCUT2D eigenvalue weighted by Gasteiger charge is -2.37. The van der Waals surface area contributed by atoms with Gasteiger partial charge in [-0.05, 0) is 45.4 Å². The van der Waals surface area contributed by atoms with E-state index in [4.69, 9.17) is 4.98 Å². The van der Waals surface area contributed by atoms with Gasteiger partial charge in [0.2, 0.25) is 0 Å². The molecule has 1 saturated heterocycles. The minimum atomic E-state index is 0.279. The fourth-order valence-corrected chi connectivity index (χ4v) is 3.05. The van der Waals surface area contributed by atoms with E-state index in [1.165, 1.54) is 19.3 Å². The van der Waals surface area contributed by atoms with Gasteiger partial charge < -0.3 is 9.51 Å². The molecule has 0 saturated carbocycles. The lowest BCUT2D eigenvalue weighted by atomic mass is 9.98. The van der Waals surface area contributed by atoms with Crippen LogP contribution < -0.4 is 0 Å². The molecule has 4 nitrogen and oxygen atoms in total. The number of pyridine rings is 1. The third-order valence-corrected chi connectivity index (χ3v) is 4.00. The van der Waals surface area contributed by atoms with E-state index in [-0.39, 0.29) is 5.75 Å². The number of nitrogens with zero attached hydrogens (tertiary/aromatic N) is 3. The number of aromatic nitrogens is 2. The van der Waals surface area contributed by atoms with E-state index in [1.807, 2.05) is 10.5 Å². The minimum Gasteiger partial charge on any atom is -0.506 e. The second-order valence-corrected chi connectivity index (χ2v) is 5.66. The Kier molecular flexibility index (Phi) is 3.19. The zero-order valence-corrected chi connectivity index (χ0v) is 11.6. The van der Waals surface area contributed by atoms with Gasteiger partial charge in [-0.25, -0.2) is 4.98 Å². The second kappa shape index (κ2) is 4.85. The summed E-state index contributed by atoms with van der Waals surface area (Å²) in [6.45, 7) is 5.65. The Morgan fingerprint density at radius 1 is 1.26 bits per heavy atom. The molecule has 0 spiro atoms. The Hall–Kier alpha value is -1.55. The van der Waals surface area contributed by atoms with Gasteiger partial charge in [0, 0.05) is 12.2 Å². The molecule has 19 heavy (non-hydrogen) atoms. The number of hydrogen-bond donors (Lipinski definition) is 1. The van der Waals surface area contributed by atoms with Gasteiger partial charge in [0.25, 0.3) is 0 Å². The van der Waals surface area contributed by atoms with Gasteiger partial charge in [-0.15, -0.1) is 0 Å². The van der Waals surface area contributed by atoms with E-state index in [0.717, 1.165) is 17.9 Å². The van der Waals surface area contributed by atoms with E-state index in [1.54, 1.807) is 12.3 Å². The molecule has 0 radical (unpaired) electrons. The van der Waals surface area contributed by atoms with Crippen molar-refractivity contribution in [2.45, 2.75) is 45.2 Å². The van der Waals surface area contributed by atoms with Crippen LogP contribution in [0.15, 0.2) is 24.5 Å². The largest absolute Gasteiger partial charge is 0.506 e. The normalized spacial score (nSPS) is 21.3. The van der Waals surface area contributed by atoms with Gasteiger partial charge >= 0.3 is 0 Å². The van der Waals surface area contributed by atoms with Crippen molar-refractivity contribution < 1.29 is 5.11 Å². The first kappa shape index (κ1) is 12.5. The molecule has 0 aliphatic carbocycles. The van der Waals surface area contributed by atoms with Crippen LogP contribution in [0.1, 0.15) is 44.8 Å². The number of fused-ring (bicyclic) bond motifs is 1. The van der Waals surface area contributed by atoms with E-state index in [9.17, 15) is 5.11 Å². The number of piperidine rings is 1. The molecule has 1 aliphatic heterocycles. The molecule has 1 aliphatic rings. The monoisotopic (exact) mass is 259 g/mol. The minimum absolute atomic E-state index is 0.279. The highest BCUT2D eigenvalue weighted by Crippen LogP contribution is 2.32. The lowest BCUT2D eigenvalue weighted by Crippen LogP contribution is -2.38. The molecule has 0 aromatic carbocycles. The van der Waals surface area contributed by atoms with E-state index < -0.39 is 0 Å². The molecule has 1 fully saturated rings. The first-order valence-electron chi connectivity index (χ1n) is 7.08. The Balaban J connectivity index is 1.97. The van der Waals surface area contributed by atoms with Crippen molar-refractivity contribution in [3.63, 3.8) is 0 Å². The molecular weight excluding hydrogens is 238 g/mol. The van der Waals surface area contributed by atoms with Crippen molar-refractivity contribution in [1.29, 1.82) is 0 Å². The molecule has 102 valence electrons. The summed E-state index contributed by atoms with van der Waals surface area (Å²) >= 11 is 0. The third kappa shape index (κ3) is 2.32. The standard InChI is InChI=1S/C15H21N3O/c1-11(2)18-8-4-3-5-14(18)13-10-17-9-12(19)6-7-15(17)16-13/h6-7,9-11,14,19H,3-5,8H2,1-2H3. The van der Waals surface area contributed by atoms with Gasteiger partial charge in [0.05, 0.1) is 17.9 Å². The summed E-state index contributed by atoms with van der Waals surface area (Å²) in [7, 11) is 0. The smallest absolute Gasteiger partial charge is 0.137 e. The summed E-state index contributed by atoms with van der Waals surface area (Å²) < 4.78 is 1.91. The molecule has 1 atom stereocenters. The Morgan fingerprint density at radius 2 is 2.11 bits per heavy atom. The molecule has 0 bridgehead atoms. The molecular formula is C15H21N3O. The number of rotatable bonds is 2. The van der Waals surface area contributed by atoms with Crippen LogP contribution in [-0.4, -0.2) is 32.0 Å². The zero-order valence-electron chi connectivity index (χ0n) is 11.6. The quantitative estimate of drug-likeness (QED) is 0.901. The first-order valence-corrected chi connectivity index (χ1v) is 7.08. The summed E-state index contributed by atoms with van der Waals surface area (Å²) in [4.78, 5) is 7.25. The number of imidazole rings is 1. The van der Waals surface area contributed by atoms with E-state index >= 15 is 0 Å². The van der Waals surface area contributed by atoms with Crippen LogP contribution in [0.5, 0.6) is 5.75 Å². The SMILES string of the molecule is CC(C)N1CCCCC1c1cn2cc(O)ccc2n1. The van der Waals surface area contributed by atoms with Gasteiger partial charge in [0.1, 0.15) is 11.4 Å². The number of aromatic hydroxyl groups is 1. The highest BCUT2D eigenvalue weighted by atomic mass is 16.3. The summed E-state index contributed by atoms with van der Waals surface area (Å²) in [6, 6.07) is 4.51. The maximum Gasteiger partial charge on any atom is 0.137 e. The summed E-state index contributed by atoms with van der Waals surface area (Å²) in [5.41, 5.74) is 2.03. The molecule has 0 amide bonds. The first-order chi connectivity index (χ1) is 9.15. The van der Waals surface area contributed by atoms with E-state index in [2.05, 4.69) is 24.9 Å². The van der Waals surface area contributed by atoms with Gasteiger partial charge in [-0.1, -0.05) is 6.42 Å². The van der Waals surface area contributed by atoms with E-state index in [0.29, 0.717) is 12.1 Å². The van der Waals surface area contributed by atoms with Crippen LogP contribution in [0.3, 0.4) is 0 Å². The predicted molar refractivity (Wildman–Crippen MR) is 75.3 cm³/mol. The molecule has 1 unspecified atom stereocenters. The van der Waals surface area contributed by atoms with Crippen molar-refractivity contribution >= 4 is 5.65 Å². The van der Waals surface area contributed by atoms with Crippen LogP contribution in [-0.2, 0) is 0 Å². The molecule has 4 heteroatoms. The summed E-state index contributed by atoms with van der Waals surface area (Å²) in [5.74, 6) is 0.279. The Labute approximate surface area is 113 Å². The molecule has 3 rings (SSSR count). The van der Waals surface area contributed by atoms with Crippen molar-refractivity contribution in [2.24, 2.45) is 0 Å². The van der Waals surface area contributed by atoms with Crippen LogP contribution in [0.4, 0.5) is 0 Å². The molecule has 1 N–H and O–H groups in total. The van der Waals surface area contributed by atoms with Crippen LogP contribution in [0, 0.1) is 0 Å². The van der Waals surface area contributed by atoms with Gasteiger partial charge in [-0.3, -0.25) is 4.90 Å². The van der Waals surface area contributed by atoms with Crippen molar-refractivity contribution in [3.05, 3.63) is 30.2 Å². The van der Waals surface area contributed by atoms with Crippen LogP contribution in [0.25, 0.3) is 5.65 Å². The zero-order chi connectivity index (χ0) is 13.4. The van der Waals surface area contributed by atoms with Crippen molar-refractivity contribution in [3.8, 4) is 5.75 Å². The fourth-order valence-electron chi connectivity index (χ4n) is 3.05. The predicted octanol–water partition coefficient (Wildman–Crippen LogP) is 2.98. The van der Waals surface area contributed by atoms with Crippen LogP contribution in [0.2, 0.25) is 0 Å². The maximum absolute atomic E-state index is 9.53. The van der Waals surface area contributed by atoms with Gasteiger partial charge in [0.15, 0.2) is 0 Å². The topological polar surface area (TPSA) is 40.8 Å². The average molecular weight is 259 g/mol. The highest BCUT2D eigenvalue weighted by molar-refractivity contribution is 5.43. The van der Waals surface area contributed by atoms with Gasteiger partial charge in [-0.2, -0.15) is 0 Å². The Bertz CT molecular complexity index is 576. The average Bonchev–Trinajstić information content (AvgIpc) is 2.81. The molecule has 2 aromatic rings. The highest BCUT2D eigenvalue weighted by Gasteiger charge is 2.27. The van der Waals surface area contributed by atoms with Crippen LogP contribution >= 0.6 is 0 Å². The molecule has 2 aromatic heterocycles. The summed E-state index contributed by atoms with van der Waals surface area (Å²) in [6.07, 6.45) is 7.50. The second-order valence-electron chi connectivity index (χ2n) is 5.66. The summed E-state index contributed by atoms with van der Waals surface area (Å²) in [5, 5.41) is 9.53. The lowest BCUT2D eigenvalue weighted by molar-refractivity contribution is 0.109. The molecule has 3 heterocycles. The fraction of sp³-hybridized carbons (Fsp3) is 0.533. The van der Waals surface area contributed by atoms with Crippen molar-refractivity contribution in [1.82, 2.24) is 14.3 Å². The third-order valence-electron chi connectivity index (χ3n) is 4.00. The van der Waals surface area contributed by atoms with Crippen molar-refractivity contribution in [2.75, 3.05) is 6.54 Å². The maximum atomic E-state index is 9.53. The number of likely N-dealkylation sites (tertiary alicyclic amines) is 1.